The second-order valence-corrected chi connectivity index (χ2v) is 5.46. The van der Waals surface area contributed by atoms with Gasteiger partial charge in [-0.15, -0.1) is 0 Å². The maximum atomic E-state index is 10.6. The van der Waals surface area contributed by atoms with E-state index >= 15 is 0 Å². The molecule has 1 aliphatic carbocycles. The number of hydrogen-bond donors (Lipinski definition) is 2. The van der Waals surface area contributed by atoms with E-state index in [4.69, 9.17) is 5.26 Å². The molecule has 0 atom stereocenters. The van der Waals surface area contributed by atoms with Gasteiger partial charge in [0.05, 0.1) is 11.2 Å². The molecule has 0 saturated heterocycles. The van der Waals surface area contributed by atoms with E-state index in [0.29, 0.717) is 17.9 Å². The molecule has 0 aromatic carbocycles. The molecule has 2 N–H and O–H groups in total. The van der Waals surface area contributed by atoms with Crippen LogP contribution in [0.3, 0.4) is 0 Å². The predicted molar refractivity (Wildman–Crippen MR) is 74.8 cm³/mol. The highest BCUT2D eigenvalue weighted by Gasteiger charge is 2.28. The van der Waals surface area contributed by atoms with Gasteiger partial charge >= 0.3 is 0 Å². The summed E-state index contributed by atoms with van der Waals surface area (Å²) in [5.74, 6) is 0.583. The minimum atomic E-state index is -0.658. The fraction of sp³-hybridized carbons (Fsp3) is 0.600. The topological polar surface area (TPSA) is 68.9 Å². The minimum absolute atomic E-state index is 0.470. The highest BCUT2D eigenvalue weighted by atomic mass is 16.3. The molecule has 0 aliphatic heterocycles. The molecule has 0 amide bonds. The summed E-state index contributed by atoms with van der Waals surface area (Å²) in [4.78, 5) is 4.20. The minimum Gasteiger partial charge on any atom is -0.388 e. The van der Waals surface area contributed by atoms with E-state index in [1.165, 1.54) is 12.8 Å². The normalized spacial score (nSPS) is 18.4. The van der Waals surface area contributed by atoms with Gasteiger partial charge in [0.25, 0.3) is 0 Å². The number of anilines is 1. The summed E-state index contributed by atoms with van der Waals surface area (Å²) >= 11 is 0. The number of pyridine rings is 1. The maximum Gasteiger partial charge on any atom is 0.144 e. The molecule has 4 nitrogen and oxygen atoms in total. The van der Waals surface area contributed by atoms with E-state index in [-0.39, 0.29) is 0 Å². The van der Waals surface area contributed by atoms with Crippen LogP contribution in [0, 0.1) is 18.3 Å². The molecule has 0 spiro atoms. The second kappa shape index (κ2) is 6.03. The zero-order valence-electron chi connectivity index (χ0n) is 11.4. The van der Waals surface area contributed by atoms with Gasteiger partial charge in [-0.3, -0.25) is 0 Å². The van der Waals surface area contributed by atoms with Crippen molar-refractivity contribution in [2.24, 2.45) is 0 Å². The van der Waals surface area contributed by atoms with Crippen LogP contribution in [-0.4, -0.2) is 22.2 Å². The van der Waals surface area contributed by atoms with Gasteiger partial charge in [-0.05, 0) is 31.4 Å². The third-order valence-corrected chi connectivity index (χ3v) is 3.89. The van der Waals surface area contributed by atoms with Crippen LogP contribution in [0.5, 0.6) is 0 Å². The van der Waals surface area contributed by atoms with Gasteiger partial charge < -0.3 is 10.4 Å². The molecular weight excluding hydrogens is 238 g/mol. The molecule has 0 unspecified atom stereocenters. The molecular formula is C15H21N3O. The Labute approximate surface area is 114 Å². The molecule has 1 fully saturated rings. The van der Waals surface area contributed by atoms with Crippen LogP contribution in [-0.2, 0) is 0 Å². The quantitative estimate of drug-likeness (QED) is 0.819. The zero-order valence-corrected chi connectivity index (χ0v) is 11.4. The Morgan fingerprint density at radius 2 is 2.05 bits per heavy atom. The van der Waals surface area contributed by atoms with Crippen molar-refractivity contribution < 1.29 is 5.11 Å². The Hall–Kier alpha value is -1.60. The molecule has 2 rings (SSSR count). The number of nitriles is 1. The van der Waals surface area contributed by atoms with Crippen LogP contribution in [0.25, 0.3) is 0 Å². The van der Waals surface area contributed by atoms with E-state index in [2.05, 4.69) is 16.4 Å². The summed E-state index contributed by atoms with van der Waals surface area (Å²) in [5, 5.41) is 22.9. The second-order valence-electron chi connectivity index (χ2n) is 5.46. The van der Waals surface area contributed by atoms with Crippen LogP contribution in [0.2, 0.25) is 0 Å². The maximum absolute atomic E-state index is 10.6. The van der Waals surface area contributed by atoms with Crippen molar-refractivity contribution in [3.05, 3.63) is 23.4 Å². The van der Waals surface area contributed by atoms with Crippen molar-refractivity contribution in [2.45, 2.75) is 51.0 Å². The predicted octanol–water partition coefficient (Wildman–Crippen LogP) is 2.76. The first-order chi connectivity index (χ1) is 9.14. The van der Waals surface area contributed by atoms with Gasteiger partial charge in [0.15, 0.2) is 0 Å². The van der Waals surface area contributed by atoms with Gasteiger partial charge in [-0.1, -0.05) is 25.7 Å². The third kappa shape index (κ3) is 3.45. The van der Waals surface area contributed by atoms with Crippen molar-refractivity contribution >= 4 is 5.82 Å². The van der Waals surface area contributed by atoms with Crippen LogP contribution >= 0.6 is 0 Å². The lowest BCUT2D eigenvalue weighted by molar-refractivity contribution is 0.0380. The lowest BCUT2D eigenvalue weighted by Gasteiger charge is -2.27. The number of hydrogen-bond acceptors (Lipinski definition) is 4. The highest BCUT2D eigenvalue weighted by molar-refractivity contribution is 5.55. The summed E-state index contributed by atoms with van der Waals surface area (Å²) in [6.45, 7) is 2.36. The molecule has 1 aromatic rings. The molecule has 102 valence electrons. The molecule has 0 bridgehead atoms. The highest BCUT2D eigenvalue weighted by Crippen LogP contribution is 2.27. The summed E-state index contributed by atoms with van der Waals surface area (Å²) in [5.41, 5.74) is 0.821. The number of rotatable bonds is 3. The number of aliphatic hydroxyl groups is 1. The van der Waals surface area contributed by atoms with Crippen molar-refractivity contribution in [3.8, 4) is 6.07 Å². The molecule has 1 heterocycles. The fourth-order valence-corrected chi connectivity index (χ4v) is 2.65. The van der Waals surface area contributed by atoms with Crippen molar-refractivity contribution in [1.82, 2.24) is 4.98 Å². The Morgan fingerprint density at radius 1 is 1.37 bits per heavy atom. The van der Waals surface area contributed by atoms with Crippen molar-refractivity contribution in [1.29, 1.82) is 5.26 Å². The van der Waals surface area contributed by atoms with Crippen LogP contribution in [0.1, 0.15) is 49.7 Å². The van der Waals surface area contributed by atoms with E-state index in [9.17, 15) is 5.11 Å². The first-order valence-electron chi connectivity index (χ1n) is 6.97. The van der Waals surface area contributed by atoms with E-state index < -0.39 is 5.60 Å². The molecule has 0 radical (unpaired) electrons. The standard InChI is InChI=1S/C15H21N3O/c1-12-6-9-17-14(13(12)10-16)18-11-15(19)7-4-2-3-5-8-15/h6,9,19H,2-5,7-8,11H2,1H3,(H,17,18). The average molecular weight is 259 g/mol. The molecule has 1 saturated carbocycles. The van der Waals surface area contributed by atoms with Crippen LogP contribution in [0.15, 0.2) is 12.3 Å². The van der Waals surface area contributed by atoms with Crippen LogP contribution in [0.4, 0.5) is 5.82 Å². The largest absolute Gasteiger partial charge is 0.388 e. The van der Waals surface area contributed by atoms with E-state index in [0.717, 1.165) is 31.2 Å². The Bertz CT molecular complexity index is 471. The summed E-state index contributed by atoms with van der Waals surface area (Å²) < 4.78 is 0. The van der Waals surface area contributed by atoms with Gasteiger partial charge in [-0.2, -0.15) is 5.26 Å². The lowest BCUT2D eigenvalue weighted by Crippen LogP contribution is -2.36. The Kier molecular flexibility index (Phi) is 4.39. The number of aromatic nitrogens is 1. The Morgan fingerprint density at radius 3 is 2.68 bits per heavy atom. The summed E-state index contributed by atoms with van der Waals surface area (Å²) in [7, 11) is 0. The molecule has 1 aliphatic rings. The number of aryl methyl sites for hydroxylation is 1. The van der Waals surface area contributed by atoms with Gasteiger partial charge in [0.1, 0.15) is 11.9 Å². The van der Waals surface area contributed by atoms with Gasteiger partial charge in [0.2, 0.25) is 0 Å². The smallest absolute Gasteiger partial charge is 0.144 e. The molecule has 19 heavy (non-hydrogen) atoms. The summed E-state index contributed by atoms with van der Waals surface area (Å²) in [6, 6.07) is 3.99. The third-order valence-electron chi connectivity index (χ3n) is 3.89. The first-order valence-corrected chi connectivity index (χ1v) is 6.97. The number of nitrogens with zero attached hydrogens (tertiary/aromatic N) is 2. The average Bonchev–Trinajstić information content (AvgIpc) is 2.62. The molecule has 1 aromatic heterocycles. The number of nitrogens with one attached hydrogen (secondary N) is 1. The van der Waals surface area contributed by atoms with Crippen molar-refractivity contribution in [3.63, 3.8) is 0 Å². The van der Waals surface area contributed by atoms with Crippen molar-refractivity contribution in [2.75, 3.05) is 11.9 Å². The lowest BCUT2D eigenvalue weighted by atomic mass is 9.94. The van der Waals surface area contributed by atoms with Gasteiger partial charge in [0, 0.05) is 12.7 Å². The zero-order chi connectivity index (χ0) is 13.7. The van der Waals surface area contributed by atoms with E-state index in [1.807, 2.05) is 13.0 Å². The van der Waals surface area contributed by atoms with Crippen LogP contribution < -0.4 is 5.32 Å². The first kappa shape index (κ1) is 13.8. The Balaban J connectivity index is 2.06. The molecule has 4 heteroatoms. The fourth-order valence-electron chi connectivity index (χ4n) is 2.65. The van der Waals surface area contributed by atoms with Gasteiger partial charge in [-0.25, -0.2) is 4.98 Å². The van der Waals surface area contributed by atoms with E-state index in [1.54, 1.807) is 6.20 Å². The SMILES string of the molecule is Cc1ccnc(NCC2(O)CCCCCC2)c1C#N. The monoisotopic (exact) mass is 259 g/mol. The summed E-state index contributed by atoms with van der Waals surface area (Å²) in [6.07, 6.45) is 7.90.